The van der Waals surface area contributed by atoms with Crippen LogP contribution in [-0.2, 0) is 0 Å². The number of hydrogen-bond acceptors (Lipinski definition) is 2. The third-order valence-electron chi connectivity index (χ3n) is 3.77. The molecule has 1 aliphatic rings. The number of hydrogen-bond donors (Lipinski definition) is 0. The van der Waals surface area contributed by atoms with Crippen LogP contribution in [0.1, 0.15) is 49.4 Å². The summed E-state index contributed by atoms with van der Waals surface area (Å²) < 4.78 is 13.5. The molecule has 1 aliphatic carbocycles. The number of carbonyl (C=O) groups excluding carboxylic acids is 1. The van der Waals surface area contributed by atoms with Crippen molar-refractivity contribution in [2.24, 2.45) is 11.8 Å². The van der Waals surface area contributed by atoms with Gasteiger partial charge in [-0.15, -0.1) is 0 Å². The molecule has 2 unspecified atom stereocenters. The van der Waals surface area contributed by atoms with E-state index in [1.54, 1.807) is 0 Å². The Labute approximate surface area is 101 Å². The van der Waals surface area contributed by atoms with Gasteiger partial charge in [0.1, 0.15) is 0 Å². The van der Waals surface area contributed by atoms with Crippen LogP contribution in [0.3, 0.4) is 0 Å². The zero-order chi connectivity index (χ0) is 12.3. The number of halogens is 1. The lowest BCUT2D eigenvalue weighted by Gasteiger charge is -2.27. The molecule has 1 fully saturated rings. The summed E-state index contributed by atoms with van der Waals surface area (Å²) in [6.07, 6.45) is 7.82. The van der Waals surface area contributed by atoms with Gasteiger partial charge in [-0.1, -0.05) is 26.2 Å². The molecule has 1 aromatic rings. The van der Waals surface area contributed by atoms with Crippen LogP contribution in [0.5, 0.6) is 0 Å². The molecule has 1 heterocycles. The van der Waals surface area contributed by atoms with Crippen LogP contribution < -0.4 is 0 Å². The van der Waals surface area contributed by atoms with Crippen molar-refractivity contribution in [3.05, 3.63) is 29.8 Å². The first-order valence-electron chi connectivity index (χ1n) is 6.36. The number of nitrogens with zero attached hydrogens (tertiary/aromatic N) is 1. The number of rotatable bonds is 3. The Balaban J connectivity index is 2.12. The molecule has 1 aromatic heterocycles. The molecule has 2 rings (SSSR count). The first-order chi connectivity index (χ1) is 8.22. The van der Waals surface area contributed by atoms with Crippen molar-refractivity contribution in [1.29, 1.82) is 0 Å². The predicted molar refractivity (Wildman–Crippen MR) is 64.3 cm³/mol. The Hall–Kier alpha value is -1.25. The first-order valence-corrected chi connectivity index (χ1v) is 6.36. The van der Waals surface area contributed by atoms with Crippen LogP contribution in [0.15, 0.2) is 18.5 Å². The molecule has 0 bridgehead atoms. The van der Waals surface area contributed by atoms with Crippen molar-refractivity contribution in [3.63, 3.8) is 0 Å². The molecule has 0 N–H and O–H groups in total. The molecular formula is C14H18FNO. The maximum absolute atomic E-state index is 13.5. The van der Waals surface area contributed by atoms with Crippen molar-refractivity contribution in [1.82, 2.24) is 4.98 Å². The van der Waals surface area contributed by atoms with Crippen LogP contribution in [0.25, 0.3) is 0 Å². The molecule has 17 heavy (non-hydrogen) atoms. The Bertz CT molecular complexity index is 405. The van der Waals surface area contributed by atoms with Gasteiger partial charge < -0.3 is 0 Å². The maximum atomic E-state index is 13.5. The third-order valence-corrected chi connectivity index (χ3v) is 3.77. The number of Topliss-reactive ketones (excluding diaryl/α,β-unsaturated/α-hetero) is 1. The summed E-state index contributed by atoms with van der Waals surface area (Å²) in [5, 5.41) is 0. The molecular weight excluding hydrogens is 217 g/mol. The van der Waals surface area contributed by atoms with E-state index in [-0.39, 0.29) is 17.3 Å². The standard InChI is InChI=1S/C14H18FNO/c1-2-10-4-3-5-11(8-10)14(17)12-6-7-16-9-13(12)15/h6-7,9-11H,2-5,8H2,1H3. The molecule has 1 saturated carbocycles. The second kappa shape index (κ2) is 5.39. The van der Waals surface area contributed by atoms with Gasteiger partial charge in [-0.25, -0.2) is 4.39 Å². The molecule has 0 aliphatic heterocycles. The second-order valence-corrected chi connectivity index (χ2v) is 4.86. The van der Waals surface area contributed by atoms with Crippen LogP contribution in [0.4, 0.5) is 4.39 Å². The van der Waals surface area contributed by atoms with Gasteiger partial charge in [0.15, 0.2) is 11.6 Å². The van der Waals surface area contributed by atoms with Crippen LogP contribution >= 0.6 is 0 Å². The smallest absolute Gasteiger partial charge is 0.169 e. The molecule has 0 amide bonds. The summed E-state index contributed by atoms with van der Waals surface area (Å²) in [5.74, 6) is 0.104. The largest absolute Gasteiger partial charge is 0.294 e. The van der Waals surface area contributed by atoms with Gasteiger partial charge in [0.25, 0.3) is 0 Å². The minimum atomic E-state index is -0.490. The quantitative estimate of drug-likeness (QED) is 0.749. The lowest BCUT2D eigenvalue weighted by Crippen LogP contribution is -2.23. The molecule has 2 nitrogen and oxygen atoms in total. The highest BCUT2D eigenvalue weighted by Crippen LogP contribution is 2.33. The minimum absolute atomic E-state index is 0.00519. The highest BCUT2D eigenvalue weighted by Gasteiger charge is 2.28. The summed E-state index contributed by atoms with van der Waals surface area (Å²) in [6.45, 7) is 2.16. The number of ketones is 1. The highest BCUT2D eigenvalue weighted by atomic mass is 19.1. The fraction of sp³-hybridized carbons (Fsp3) is 0.571. The van der Waals surface area contributed by atoms with E-state index in [4.69, 9.17) is 0 Å². The molecule has 3 heteroatoms. The predicted octanol–water partition coefficient (Wildman–Crippen LogP) is 3.62. The Morgan fingerprint density at radius 3 is 3.06 bits per heavy atom. The van der Waals surface area contributed by atoms with E-state index in [0.29, 0.717) is 5.92 Å². The van der Waals surface area contributed by atoms with Crippen LogP contribution in [-0.4, -0.2) is 10.8 Å². The SMILES string of the molecule is CCC1CCCC(C(=O)c2ccncc2F)C1. The van der Waals surface area contributed by atoms with E-state index in [9.17, 15) is 9.18 Å². The molecule has 0 aromatic carbocycles. The Morgan fingerprint density at radius 1 is 1.53 bits per heavy atom. The second-order valence-electron chi connectivity index (χ2n) is 4.86. The maximum Gasteiger partial charge on any atom is 0.169 e. The topological polar surface area (TPSA) is 30.0 Å². The van der Waals surface area contributed by atoms with E-state index in [1.807, 2.05) is 0 Å². The van der Waals surface area contributed by atoms with E-state index in [2.05, 4.69) is 11.9 Å². The zero-order valence-corrected chi connectivity index (χ0v) is 10.2. The summed E-state index contributed by atoms with van der Waals surface area (Å²) in [6, 6.07) is 1.49. The van der Waals surface area contributed by atoms with E-state index >= 15 is 0 Å². The van der Waals surface area contributed by atoms with Crippen LogP contribution in [0.2, 0.25) is 0 Å². The van der Waals surface area contributed by atoms with Crippen molar-refractivity contribution >= 4 is 5.78 Å². The number of pyridine rings is 1. The van der Waals surface area contributed by atoms with Crippen LogP contribution in [0, 0.1) is 17.7 Å². The third kappa shape index (κ3) is 2.71. The monoisotopic (exact) mass is 235 g/mol. The first kappa shape index (κ1) is 12.2. The fourth-order valence-electron chi connectivity index (χ4n) is 2.69. The lowest BCUT2D eigenvalue weighted by molar-refractivity contribution is 0.0857. The number of aromatic nitrogens is 1. The fourth-order valence-corrected chi connectivity index (χ4v) is 2.69. The molecule has 92 valence electrons. The number of carbonyl (C=O) groups is 1. The summed E-state index contributed by atoms with van der Waals surface area (Å²) in [5.41, 5.74) is 0.210. The van der Waals surface area contributed by atoms with Gasteiger partial charge in [-0.2, -0.15) is 0 Å². The van der Waals surface area contributed by atoms with Gasteiger partial charge in [0.05, 0.1) is 11.8 Å². The van der Waals surface area contributed by atoms with Crippen molar-refractivity contribution < 1.29 is 9.18 Å². The molecule has 0 radical (unpaired) electrons. The van der Waals surface area contributed by atoms with Gasteiger partial charge in [0, 0.05) is 12.1 Å². The van der Waals surface area contributed by atoms with Gasteiger partial charge in [0.2, 0.25) is 0 Å². The average Bonchev–Trinajstić information content (AvgIpc) is 2.38. The normalized spacial score (nSPS) is 24.6. The van der Waals surface area contributed by atoms with Crippen molar-refractivity contribution in [2.75, 3.05) is 0 Å². The zero-order valence-electron chi connectivity index (χ0n) is 10.2. The summed E-state index contributed by atoms with van der Waals surface area (Å²) in [4.78, 5) is 15.9. The Kier molecular flexibility index (Phi) is 3.87. The van der Waals surface area contributed by atoms with Crippen molar-refractivity contribution in [2.45, 2.75) is 39.0 Å². The minimum Gasteiger partial charge on any atom is -0.294 e. The molecule has 2 atom stereocenters. The van der Waals surface area contributed by atoms with Gasteiger partial charge in [-0.05, 0) is 24.8 Å². The van der Waals surface area contributed by atoms with E-state index in [0.717, 1.165) is 31.9 Å². The summed E-state index contributed by atoms with van der Waals surface area (Å²) in [7, 11) is 0. The Morgan fingerprint density at radius 2 is 2.35 bits per heavy atom. The molecule has 0 spiro atoms. The van der Waals surface area contributed by atoms with E-state index in [1.165, 1.54) is 18.7 Å². The highest BCUT2D eigenvalue weighted by molar-refractivity contribution is 5.98. The van der Waals surface area contributed by atoms with Crippen molar-refractivity contribution in [3.8, 4) is 0 Å². The average molecular weight is 235 g/mol. The summed E-state index contributed by atoms with van der Waals surface area (Å²) >= 11 is 0. The lowest BCUT2D eigenvalue weighted by atomic mass is 9.77. The molecule has 0 saturated heterocycles. The van der Waals surface area contributed by atoms with Gasteiger partial charge >= 0.3 is 0 Å². The van der Waals surface area contributed by atoms with Gasteiger partial charge in [-0.3, -0.25) is 9.78 Å². The van der Waals surface area contributed by atoms with E-state index < -0.39 is 5.82 Å².